The van der Waals surface area contributed by atoms with Gasteiger partial charge < -0.3 is 15.0 Å². The minimum absolute atomic E-state index is 0. The fourth-order valence-electron chi connectivity index (χ4n) is 2.85. The van der Waals surface area contributed by atoms with E-state index in [1.165, 1.54) is 0 Å². The zero-order chi connectivity index (χ0) is 16.1. The Hall–Kier alpha value is -1.26. The summed E-state index contributed by atoms with van der Waals surface area (Å²) in [6, 6.07) is 8.04. The van der Waals surface area contributed by atoms with Crippen LogP contribution in [0.3, 0.4) is 0 Å². The maximum absolute atomic E-state index is 12.8. The van der Waals surface area contributed by atoms with Crippen molar-refractivity contribution in [2.45, 2.75) is 33.2 Å². The second-order valence-electron chi connectivity index (χ2n) is 6.47. The number of ether oxygens (including phenoxy) is 1. The molecular weight excluding hydrogens is 312 g/mol. The average molecular weight is 341 g/mol. The topological polar surface area (TPSA) is 41.6 Å². The van der Waals surface area contributed by atoms with Gasteiger partial charge >= 0.3 is 0 Å². The summed E-state index contributed by atoms with van der Waals surface area (Å²) < 4.78 is 5.48. The molecule has 1 N–H and O–H groups in total. The molecule has 2 atom stereocenters. The van der Waals surface area contributed by atoms with E-state index < -0.39 is 0 Å². The summed E-state index contributed by atoms with van der Waals surface area (Å²) in [6.45, 7) is 8.89. The van der Waals surface area contributed by atoms with Gasteiger partial charge in [0.15, 0.2) is 0 Å². The first-order valence-corrected chi connectivity index (χ1v) is 8.17. The standard InChI is InChI=1S/C18H28N2O2.ClH/c1-13(2)14(3)11-18(21)20-10-9-19-12-16(20)15-7-5-6-8-17(15)22-4;/h5-8,13-14,16,19H,9-12H2,1-4H3;1H. The summed E-state index contributed by atoms with van der Waals surface area (Å²) >= 11 is 0. The maximum atomic E-state index is 12.8. The van der Waals surface area contributed by atoms with Crippen LogP contribution < -0.4 is 10.1 Å². The van der Waals surface area contributed by atoms with Crippen LogP contribution in [0.15, 0.2) is 24.3 Å². The molecule has 0 spiro atoms. The molecule has 2 rings (SSSR count). The molecule has 4 nitrogen and oxygen atoms in total. The number of hydrogen-bond acceptors (Lipinski definition) is 3. The summed E-state index contributed by atoms with van der Waals surface area (Å²) in [5.41, 5.74) is 1.09. The summed E-state index contributed by atoms with van der Waals surface area (Å²) in [5, 5.41) is 3.40. The number of hydrogen-bond donors (Lipinski definition) is 1. The molecule has 1 aliphatic heterocycles. The Bertz CT molecular complexity index is 508. The highest BCUT2D eigenvalue weighted by atomic mass is 35.5. The second-order valence-corrected chi connectivity index (χ2v) is 6.47. The third-order valence-electron chi connectivity index (χ3n) is 4.70. The third-order valence-corrected chi connectivity index (χ3v) is 4.70. The maximum Gasteiger partial charge on any atom is 0.223 e. The molecule has 1 aliphatic rings. The van der Waals surface area contributed by atoms with Crippen LogP contribution in [0.1, 0.15) is 38.8 Å². The van der Waals surface area contributed by atoms with Crippen molar-refractivity contribution in [3.63, 3.8) is 0 Å². The largest absolute Gasteiger partial charge is 0.496 e. The van der Waals surface area contributed by atoms with Gasteiger partial charge in [-0.2, -0.15) is 0 Å². The van der Waals surface area contributed by atoms with Crippen LogP contribution in [-0.4, -0.2) is 37.6 Å². The summed E-state index contributed by atoms with van der Waals surface area (Å²) in [4.78, 5) is 14.8. The highest BCUT2D eigenvalue weighted by Crippen LogP contribution is 2.31. The number of para-hydroxylation sites is 1. The van der Waals surface area contributed by atoms with Crippen LogP contribution in [0.5, 0.6) is 5.75 Å². The molecule has 5 heteroatoms. The first-order chi connectivity index (χ1) is 10.5. The zero-order valence-electron chi connectivity index (χ0n) is 14.5. The molecule has 0 aromatic heterocycles. The molecule has 1 heterocycles. The lowest BCUT2D eigenvalue weighted by Crippen LogP contribution is -2.49. The monoisotopic (exact) mass is 340 g/mol. The lowest BCUT2D eigenvalue weighted by atomic mass is 9.93. The number of amides is 1. The average Bonchev–Trinajstić information content (AvgIpc) is 2.54. The Kier molecular flexibility index (Phi) is 7.86. The van der Waals surface area contributed by atoms with E-state index in [9.17, 15) is 4.79 Å². The van der Waals surface area contributed by atoms with E-state index in [1.54, 1.807) is 7.11 Å². The van der Waals surface area contributed by atoms with Crippen molar-refractivity contribution >= 4 is 18.3 Å². The minimum Gasteiger partial charge on any atom is -0.496 e. The van der Waals surface area contributed by atoms with Crippen molar-refractivity contribution in [2.24, 2.45) is 11.8 Å². The van der Waals surface area contributed by atoms with E-state index in [1.807, 2.05) is 23.1 Å². The predicted octanol–water partition coefficient (Wildman–Crippen LogP) is 3.27. The number of piperazine rings is 1. The Morgan fingerprint density at radius 2 is 2.04 bits per heavy atom. The molecule has 0 bridgehead atoms. The van der Waals surface area contributed by atoms with E-state index in [2.05, 4.69) is 32.2 Å². The Morgan fingerprint density at radius 3 is 2.70 bits per heavy atom. The molecule has 0 radical (unpaired) electrons. The molecule has 1 aromatic carbocycles. The first-order valence-electron chi connectivity index (χ1n) is 8.17. The van der Waals surface area contributed by atoms with E-state index in [0.717, 1.165) is 30.9 Å². The fourth-order valence-corrected chi connectivity index (χ4v) is 2.85. The molecule has 23 heavy (non-hydrogen) atoms. The summed E-state index contributed by atoms with van der Waals surface area (Å²) in [7, 11) is 1.68. The molecule has 1 fully saturated rings. The molecule has 1 amide bonds. The zero-order valence-corrected chi connectivity index (χ0v) is 15.4. The fraction of sp³-hybridized carbons (Fsp3) is 0.611. The van der Waals surface area contributed by atoms with Crippen molar-refractivity contribution in [2.75, 3.05) is 26.7 Å². The smallest absolute Gasteiger partial charge is 0.223 e. The van der Waals surface area contributed by atoms with E-state index in [-0.39, 0.29) is 24.4 Å². The highest BCUT2D eigenvalue weighted by Gasteiger charge is 2.30. The Morgan fingerprint density at radius 1 is 1.35 bits per heavy atom. The van der Waals surface area contributed by atoms with Crippen molar-refractivity contribution in [3.8, 4) is 5.75 Å². The minimum atomic E-state index is 0. The van der Waals surface area contributed by atoms with Gasteiger partial charge in [0.05, 0.1) is 13.2 Å². The van der Waals surface area contributed by atoms with Crippen LogP contribution in [0, 0.1) is 11.8 Å². The van der Waals surface area contributed by atoms with E-state index >= 15 is 0 Å². The predicted molar refractivity (Wildman–Crippen MR) is 96.2 cm³/mol. The summed E-state index contributed by atoms with van der Waals surface area (Å²) in [5.74, 6) is 2.03. The Balaban J connectivity index is 0.00000264. The van der Waals surface area contributed by atoms with Crippen LogP contribution >= 0.6 is 12.4 Å². The van der Waals surface area contributed by atoms with Gasteiger partial charge in [-0.25, -0.2) is 0 Å². The van der Waals surface area contributed by atoms with Crippen LogP contribution in [-0.2, 0) is 4.79 Å². The highest BCUT2D eigenvalue weighted by molar-refractivity contribution is 5.85. The molecule has 0 saturated carbocycles. The van der Waals surface area contributed by atoms with E-state index in [0.29, 0.717) is 18.3 Å². The number of carbonyl (C=O) groups is 1. The quantitative estimate of drug-likeness (QED) is 0.894. The number of halogens is 1. The van der Waals surface area contributed by atoms with Crippen LogP contribution in [0.4, 0.5) is 0 Å². The lowest BCUT2D eigenvalue weighted by Gasteiger charge is -2.38. The van der Waals surface area contributed by atoms with Gasteiger partial charge in [0.2, 0.25) is 5.91 Å². The van der Waals surface area contributed by atoms with Crippen molar-refractivity contribution < 1.29 is 9.53 Å². The van der Waals surface area contributed by atoms with Gasteiger partial charge in [-0.05, 0) is 17.9 Å². The first kappa shape index (κ1) is 19.8. The number of methoxy groups -OCH3 is 1. The SMILES string of the molecule is COc1ccccc1C1CNCCN1C(=O)CC(C)C(C)C.Cl. The van der Waals surface area contributed by atoms with Gasteiger partial charge in [0, 0.05) is 31.6 Å². The van der Waals surface area contributed by atoms with Crippen LogP contribution in [0.25, 0.3) is 0 Å². The van der Waals surface area contributed by atoms with Gasteiger partial charge in [-0.3, -0.25) is 4.79 Å². The van der Waals surface area contributed by atoms with Crippen LogP contribution in [0.2, 0.25) is 0 Å². The van der Waals surface area contributed by atoms with Gasteiger partial charge in [-0.15, -0.1) is 12.4 Å². The van der Waals surface area contributed by atoms with Crippen molar-refractivity contribution in [1.29, 1.82) is 0 Å². The number of nitrogens with zero attached hydrogens (tertiary/aromatic N) is 1. The lowest BCUT2D eigenvalue weighted by molar-refractivity contribution is -0.135. The third kappa shape index (κ3) is 4.85. The number of rotatable bonds is 5. The van der Waals surface area contributed by atoms with Crippen molar-refractivity contribution in [1.82, 2.24) is 10.2 Å². The molecule has 0 aliphatic carbocycles. The van der Waals surface area contributed by atoms with Gasteiger partial charge in [-0.1, -0.05) is 39.0 Å². The molecule has 130 valence electrons. The molecule has 1 aromatic rings. The van der Waals surface area contributed by atoms with Gasteiger partial charge in [0.25, 0.3) is 0 Å². The molecular formula is C18H29ClN2O2. The number of carbonyl (C=O) groups excluding carboxylic acids is 1. The molecule has 1 saturated heterocycles. The number of nitrogens with one attached hydrogen (secondary N) is 1. The number of benzene rings is 1. The second kappa shape index (κ2) is 9.14. The van der Waals surface area contributed by atoms with Crippen molar-refractivity contribution in [3.05, 3.63) is 29.8 Å². The summed E-state index contributed by atoms with van der Waals surface area (Å²) in [6.07, 6.45) is 0.614. The molecule has 2 unspecified atom stereocenters. The normalized spacial score (nSPS) is 19.2. The van der Waals surface area contributed by atoms with E-state index in [4.69, 9.17) is 4.74 Å². The Labute approximate surface area is 146 Å². The van der Waals surface area contributed by atoms with Gasteiger partial charge in [0.1, 0.15) is 5.75 Å².